The number of cyclic esters (lactones) is 1. The van der Waals surface area contributed by atoms with Crippen LogP contribution in [0.15, 0.2) is 11.6 Å². The molecule has 0 bridgehead atoms. The second-order valence-corrected chi connectivity index (χ2v) is 9.28. The smallest absolute Gasteiger partial charge is 0.331 e. The summed E-state index contributed by atoms with van der Waals surface area (Å²) >= 11 is 0. The van der Waals surface area contributed by atoms with Crippen molar-refractivity contribution in [2.24, 2.45) is 22.7 Å². The van der Waals surface area contributed by atoms with Crippen molar-refractivity contribution < 1.29 is 19.7 Å². The molecule has 0 radical (unpaired) electrons. The zero-order valence-electron chi connectivity index (χ0n) is 15.5. The number of carbonyl (C=O) groups excluding carboxylic acids is 1. The second-order valence-electron chi connectivity index (χ2n) is 9.28. The maximum Gasteiger partial charge on any atom is 0.331 e. The SMILES string of the molecule is C[C@@H]1C[C@@H](O)C2C(C)(C)CCC[C@]2(C)[C@@]1(O)CCC1=CC(=O)OC1. The minimum atomic E-state index is -0.818. The summed E-state index contributed by atoms with van der Waals surface area (Å²) in [6.45, 7) is 9.08. The topological polar surface area (TPSA) is 66.8 Å². The molecule has 4 nitrogen and oxygen atoms in total. The van der Waals surface area contributed by atoms with Crippen LogP contribution in [0.2, 0.25) is 0 Å². The Morgan fingerprint density at radius 3 is 2.62 bits per heavy atom. The van der Waals surface area contributed by atoms with E-state index in [1.807, 2.05) is 0 Å². The highest BCUT2D eigenvalue weighted by atomic mass is 16.5. The summed E-state index contributed by atoms with van der Waals surface area (Å²) in [6, 6.07) is 0. The zero-order chi connectivity index (χ0) is 17.8. The third-order valence-electron chi connectivity index (χ3n) is 7.38. The summed E-state index contributed by atoms with van der Waals surface area (Å²) in [6.07, 6.45) is 6.32. The largest absolute Gasteiger partial charge is 0.458 e. The van der Waals surface area contributed by atoms with Crippen molar-refractivity contribution in [3.05, 3.63) is 11.6 Å². The Hall–Kier alpha value is -0.870. The number of esters is 1. The standard InChI is InChI=1S/C20H32O4/c1-13-10-15(21)17-18(2,3)7-5-8-19(17,4)20(13,23)9-6-14-11-16(22)24-12-14/h11,13,15,17,21,23H,5-10,12H2,1-4H3/t13-,15-,17?,19+,20-/m1/s1. The Kier molecular flexibility index (Phi) is 4.37. The monoisotopic (exact) mass is 336 g/mol. The lowest BCUT2D eigenvalue weighted by Crippen LogP contribution is -2.66. The van der Waals surface area contributed by atoms with Gasteiger partial charge < -0.3 is 14.9 Å². The molecule has 2 fully saturated rings. The molecule has 4 heteroatoms. The van der Waals surface area contributed by atoms with E-state index in [1.165, 1.54) is 0 Å². The number of rotatable bonds is 3. The number of hydrogen-bond donors (Lipinski definition) is 2. The van der Waals surface area contributed by atoms with Gasteiger partial charge in [-0.3, -0.25) is 0 Å². The van der Waals surface area contributed by atoms with Gasteiger partial charge in [0.2, 0.25) is 0 Å². The zero-order valence-corrected chi connectivity index (χ0v) is 15.5. The van der Waals surface area contributed by atoms with Gasteiger partial charge in [0.15, 0.2) is 0 Å². The second kappa shape index (κ2) is 5.84. The lowest BCUT2D eigenvalue weighted by atomic mass is 9.43. The normalized spacial score (nSPS) is 44.7. The highest BCUT2D eigenvalue weighted by molar-refractivity contribution is 5.85. The number of aliphatic hydroxyl groups is 2. The third-order valence-corrected chi connectivity index (χ3v) is 7.38. The molecule has 136 valence electrons. The summed E-state index contributed by atoms with van der Waals surface area (Å²) in [5.74, 6) is -0.122. The van der Waals surface area contributed by atoms with Gasteiger partial charge in [0.1, 0.15) is 6.61 Å². The molecule has 1 heterocycles. The number of fused-ring (bicyclic) bond motifs is 1. The first-order valence-corrected chi connectivity index (χ1v) is 9.37. The van der Waals surface area contributed by atoms with Gasteiger partial charge in [-0.15, -0.1) is 0 Å². The Labute approximate surface area is 145 Å². The van der Waals surface area contributed by atoms with Gasteiger partial charge in [0.05, 0.1) is 11.7 Å². The van der Waals surface area contributed by atoms with Gasteiger partial charge >= 0.3 is 5.97 Å². The fraction of sp³-hybridized carbons (Fsp3) is 0.850. The van der Waals surface area contributed by atoms with Crippen molar-refractivity contribution in [1.82, 2.24) is 0 Å². The summed E-state index contributed by atoms with van der Waals surface area (Å²) in [4.78, 5) is 11.3. The molecular formula is C20H32O4. The van der Waals surface area contributed by atoms with Crippen LogP contribution in [-0.2, 0) is 9.53 Å². The molecule has 0 saturated heterocycles. The average molecular weight is 336 g/mol. The summed E-state index contributed by atoms with van der Waals surface area (Å²) in [5.41, 5.74) is -0.106. The highest BCUT2D eigenvalue weighted by Gasteiger charge is 2.63. The molecule has 0 spiro atoms. The van der Waals surface area contributed by atoms with Gasteiger partial charge in [-0.05, 0) is 54.9 Å². The molecule has 1 aliphatic heterocycles. The molecule has 3 aliphatic rings. The van der Waals surface area contributed by atoms with Crippen molar-refractivity contribution in [3.8, 4) is 0 Å². The maximum absolute atomic E-state index is 11.8. The minimum Gasteiger partial charge on any atom is -0.458 e. The molecule has 3 rings (SSSR count). The third kappa shape index (κ3) is 2.62. The Morgan fingerprint density at radius 2 is 2.00 bits per heavy atom. The minimum absolute atomic E-state index is 0.0340. The summed E-state index contributed by atoms with van der Waals surface area (Å²) in [5, 5.41) is 22.6. The van der Waals surface area contributed by atoms with Crippen molar-refractivity contribution in [3.63, 3.8) is 0 Å². The fourth-order valence-corrected chi connectivity index (χ4v) is 6.21. The van der Waals surface area contributed by atoms with Crippen LogP contribution in [0.1, 0.15) is 66.2 Å². The van der Waals surface area contributed by atoms with E-state index in [1.54, 1.807) is 6.08 Å². The van der Waals surface area contributed by atoms with Crippen LogP contribution in [0.5, 0.6) is 0 Å². The molecule has 2 aliphatic carbocycles. The Morgan fingerprint density at radius 1 is 1.29 bits per heavy atom. The number of ether oxygens (including phenoxy) is 1. The van der Waals surface area contributed by atoms with Gasteiger partial charge in [0.25, 0.3) is 0 Å². The number of hydrogen-bond acceptors (Lipinski definition) is 4. The van der Waals surface area contributed by atoms with Gasteiger partial charge in [0, 0.05) is 11.5 Å². The molecule has 0 aromatic heterocycles. The van der Waals surface area contributed by atoms with Crippen LogP contribution < -0.4 is 0 Å². The van der Waals surface area contributed by atoms with E-state index in [-0.39, 0.29) is 34.7 Å². The Balaban J connectivity index is 1.89. The molecule has 0 aromatic rings. The highest BCUT2D eigenvalue weighted by Crippen LogP contribution is 2.63. The quantitative estimate of drug-likeness (QED) is 0.777. The molecule has 0 amide bonds. The summed E-state index contributed by atoms with van der Waals surface area (Å²) in [7, 11) is 0. The van der Waals surface area contributed by atoms with Crippen LogP contribution in [0.3, 0.4) is 0 Å². The maximum atomic E-state index is 11.8. The number of carbonyl (C=O) groups is 1. The fourth-order valence-electron chi connectivity index (χ4n) is 6.21. The molecule has 0 aromatic carbocycles. The first-order chi connectivity index (χ1) is 11.1. The molecule has 2 N–H and O–H groups in total. The van der Waals surface area contributed by atoms with E-state index in [4.69, 9.17) is 4.74 Å². The lowest BCUT2D eigenvalue weighted by molar-refractivity contribution is -0.244. The van der Waals surface area contributed by atoms with Crippen LogP contribution in [-0.4, -0.2) is 34.5 Å². The lowest BCUT2D eigenvalue weighted by Gasteiger charge is -2.64. The summed E-state index contributed by atoms with van der Waals surface area (Å²) < 4.78 is 4.99. The van der Waals surface area contributed by atoms with Crippen molar-refractivity contribution in [2.75, 3.05) is 6.61 Å². The van der Waals surface area contributed by atoms with Gasteiger partial charge in [-0.25, -0.2) is 4.79 Å². The van der Waals surface area contributed by atoms with E-state index in [2.05, 4.69) is 27.7 Å². The van der Waals surface area contributed by atoms with E-state index in [9.17, 15) is 15.0 Å². The molecule has 1 unspecified atom stereocenters. The predicted molar refractivity (Wildman–Crippen MR) is 92.2 cm³/mol. The van der Waals surface area contributed by atoms with Gasteiger partial charge in [-0.1, -0.05) is 34.1 Å². The van der Waals surface area contributed by atoms with Crippen LogP contribution in [0.4, 0.5) is 0 Å². The van der Waals surface area contributed by atoms with Crippen LogP contribution >= 0.6 is 0 Å². The molecule has 2 saturated carbocycles. The number of aliphatic hydroxyl groups excluding tert-OH is 1. The molecule has 24 heavy (non-hydrogen) atoms. The van der Waals surface area contributed by atoms with E-state index in [0.717, 1.165) is 24.8 Å². The van der Waals surface area contributed by atoms with E-state index < -0.39 is 5.60 Å². The first kappa shape index (κ1) is 17.9. The van der Waals surface area contributed by atoms with E-state index in [0.29, 0.717) is 25.9 Å². The Bertz CT molecular complexity index is 552. The van der Waals surface area contributed by atoms with Crippen molar-refractivity contribution in [1.29, 1.82) is 0 Å². The van der Waals surface area contributed by atoms with Crippen molar-refractivity contribution >= 4 is 5.97 Å². The predicted octanol–water partition coefficient (Wildman–Crippen LogP) is 3.21. The van der Waals surface area contributed by atoms with Crippen LogP contribution in [0, 0.1) is 22.7 Å². The average Bonchev–Trinajstić information content (AvgIpc) is 2.87. The van der Waals surface area contributed by atoms with Crippen LogP contribution in [0.25, 0.3) is 0 Å². The van der Waals surface area contributed by atoms with Gasteiger partial charge in [-0.2, -0.15) is 0 Å². The van der Waals surface area contributed by atoms with Crippen molar-refractivity contribution in [2.45, 2.75) is 77.9 Å². The first-order valence-electron chi connectivity index (χ1n) is 9.37. The molecular weight excluding hydrogens is 304 g/mol. The van der Waals surface area contributed by atoms with E-state index >= 15 is 0 Å². The molecule has 5 atom stereocenters.